The number of hydrogen-bond donors (Lipinski definition) is 0. The first-order chi connectivity index (χ1) is 14.1. The number of β-lactam (4-membered cyclic amide) rings is 1. The summed E-state index contributed by atoms with van der Waals surface area (Å²) in [7, 11) is 0. The van der Waals surface area contributed by atoms with Gasteiger partial charge in [0.1, 0.15) is 5.82 Å². The van der Waals surface area contributed by atoms with Crippen LogP contribution in [0.15, 0.2) is 60.7 Å². The Hall–Kier alpha value is -2.72. The van der Waals surface area contributed by atoms with E-state index in [1.807, 2.05) is 11.0 Å². The van der Waals surface area contributed by atoms with Crippen LogP contribution in [-0.2, 0) is 11.2 Å². The Morgan fingerprint density at radius 3 is 2.48 bits per heavy atom. The molecule has 1 aliphatic carbocycles. The molecular weight excluding hydrogens is 363 g/mol. The highest BCUT2D eigenvalue weighted by Crippen LogP contribution is 2.47. The first kappa shape index (κ1) is 17.2. The Balaban J connectivity index is 1.25. The Morgan fingerprint density at radius 2 is 1.72 bits per heavy atom. The average Bonchev–Trinajstić information content (AvgIpc) is 3.09. The highest BCUT2D eigenvalue weighted by Gasteiger charge is 2.53. The van der Waals surface area contributed by atoms with Gasteiger partial charge in [-0.3, -0.25) is 9.69 Å². The minimum absolute atomic E-state index is 0.113. The molecule has 4 heteroatoms. The van der Waals surface area contributed by atoms with Crippen LogP contribution in [-0.4, -0.2) is 29.4 Å². The number of hydrogen-bond acceptors (Lipinski definition) is 2. The number of anilines is 1. The van der Waals surface area contributed by atoms with Gasteiger partial charge in [-0.15, -0.1) is 0 Å². The van der Waals surface area contributed by atoms with E-state index < -0.39 is 0 Å². The lowest BCUT2D eigenvalue weighted by molar-refractivity contribution is -0.129. The Labute approximate surface area is 169 Å². The topological polar surface area (TPSA) is 23.6 Å². The second-order valence-electron chi connectivity index (χ2n) is 8.73. The van der Waals surface area contributed by atoms with Crippen LogP contribution in [0, 0.1) is 5.82 Å². The summed E-state index contributed by atoms with van der Waals surface area (Å²) in [6.07, 6.45) is 3.53. The fourth-order valence-electron chi connectivity index (χ4n) is 5.84. The van der Waals surface area contributed by atoms with Gasteiger partial charge in [0.05, 0.1) is 12.0 Å². The van der Waals surface area contributed by atoms with Crippen LogP contribution in [0.25, 0.3) is 10.8 Å². The molecule has 0 aromatic heterocycles. The molecule has 0 saturated carbocycles. The van der Waals surface area contributed by atoms with Crippen LogP contribution < -0.4 is 4.90 Å². The lowest BCUT2D eigenvalue weighted by Crippen LogP contribution is -2.67. The minimum atomic E-state index is -0.286. The van der Waals surface area contributed by atoms with Gasteiger partial charge in [0.2, 0.25) is 5.91 Å². The molecule has 2 aliphatic heterocycles. The summed E-state index contributed by atoms with van der Waals surface area (Å²) in [5.41, 5.74) is 3.45. The van der Waals surface area contributed by atoms with Crippen molar-refractivity contribution in [2.24, 2.45) is 0 Å². The van der Waals surface area contributed by atoms with E-state index in [-0.39, 0.29) is 17.3 Å². The third kappa shape index (κ3) is 2.48. The molecule has 6 rings (SSSR count). The molecule has 3 aromatic carbocycles. The maximum atomic E-state index is 13.7. The summed E-state index contributed by atoms with van der Waals surface area (Å²) in [4.78, 5) is 16.9. The normalized spacial score (nSPS) is 23.0. The Kier molecular flexibility index (Phi) is 3.63. The molecule has 2 fully saturated rings. The van der Waals surface area contributed by atoms with Crippen LogP contribution >= 0.6 is 0 Å². The van der Waals surface area contributed by atoms with Crippen molar-refractivity contribution in [3.05, 3.63) is 77.6 Å². The van der Waals surface area contributed by atoms with E-state index in [1.165, 1.54) is 34.0 Å². The van der Waals surface area contributed by atoms with Crippen molar-refractivity contribution < 1.29 is 9.18 Å². The standard InChI is InChI=1S/C25H23FN2O/c26-19-7-3-8-20(15-19)28-23(29)16-25(28)10-12-27(13-11-25)22-14-18-6-1-4-17-5-2-9-21(22)24(17)18/h1-9,15,22H,10-14,16H2. The number of likely N-dealkylation sites (tertiary alicyclic amines) is 1. The molecule has 0 N–H and O–H groups in total. The maximum Gasteiger partial charge on any atom is 0.229 e. The van der Waals surface area contributed by atoms with Crippen LogP contribution in [0.3, 0.4) is 0 Å². The summed E-state index contributed by atoms with van der Waals surface area (Å²) < 4.78 is 13.7. The number of rotatable bonds is 2. The molecule has 3 nitrogen and oxygen atoms in total. The summed E-state index contributed by atoms with van der Waals surface area (Å²) in [6, 6.07) is 20.1. The third-order valence-corrected chi connectivity index (χ3v) is 7.24. The predicted molar refractivity (Wildman–Crippen MR) is 112 cm³/mol. The van der Waals surface area contributed by atoms with Gasteiger partial charge in [-0.05, 0) is 59.4 Å². The number of benzene rings is 3. The van der Waals surface area contributed by atoms with Gasteiger partial charge >= 0.3 is 0 Å². The predicted octanol–water partition coefficient (Wildman–Crippen LogP) is 4.85. The molecule has 1 amide bonds. The van der Waals surface area contributed by atoms with Crippen molar-refractivity contribution in [2.75, 3.05) is 18.0 Å². The molecule has 146 valence electrons. The van der Waals surface area contributed by atoms with E-state index in [1.54, 1.807) is 6.07 Å². The van der Waals surface area contributed by atoms with Crippen LogP contribution in [0.2, 0.25) is 0 Å². The lowest BCUT2D eigenvalue weighted by Gasteiger charge is -2.56. The SMILES string of the molecule is O=C1CC2(CCN(C3Cc4cccc5cccc3c45)CC2)N1c1cccc(F)c1. The fraction of sp³-hybridized carbons (Fsp3) is 0.320. The van der Waals surface area contributed by atoms with E-state index >= 15 is 0 Å². The van der Waals surface area contributed by atoms with Gasteiger partial charge in [-0.1, -0.05) is 42.5 Å². The zero-order valence-corrected chi connectivity index (χ0v) is 16.3. The lowest BCUT2D eigenvalue weighted by atomic mass is 9.75. The van der Waals surface area contributed by atoms with Crippen molar-refractivity contribution in [3.8, 4) is 0 Å². The van der Waals surface area contributed by atoms with Crippen molar-refractivity contribution in [1.29, 1.82) is 0 Å². The second kappa shape index (κ2) is 6.14. The summed E-state index contributed by atoms with van der Waals surface area (Å²) in [5, 5.41) is 2.76. The molecule has 1 unspecified atom stereocenters. The monoisotopic (exact) mass is 386 g/mol. The molecular formula is C25H23FN2O. The number of carbonyl (C=O) groups excluding carboxylic acids is 1. The first-order valence-electron chi connectivity index (χ1n) is 10.5. The molecule has 2 saturated heterocycles. The smallest absolute Gasteiger partial charge is 0.229 e. The minimum Gasteiger partial charge on any atom is -0.306 e. The van der Waals surface area contributed by atoms with Crippen LogP contribution in [0.4, 0.5) is 10.1 Å². The summed E-state index contributed by atoms with van der Waals surface area (Å²) >= 11 is 0. The zero-order chi connectivity index (χ0) is 19.6. The van der Waals surface area contributed by atoms with E-state index in [0.29, 0.717) is 18.2 Å². The number of piperidine rings is 1. The average molecular weight is 386 g/mol. The molecule has 3 aromatic rings. The van der Waals surface area contributed by atoms with Gasteiger partial charge in [0, 0.05) is 24.8 Å². The zero-order valence-electron chi connectivity index (χ0n) is 16.3. The van der Waals surface area contributed by atoms with Crippen molar-refractivity contribution in [2.45, 2.75) is 37.3 Å². The van der Waals surface area contributed by atoms with E-state index in [4.69, 9.17) is 0 Å². The van der Waals surface area contributed by atoms with Gasteiger partial charge in [0.25, 0.3) is 0 Å². The van der Waals surface area contributed by atoms with Gasteiger partial charge in [-0.2, -0.15) is 0 Å². The van der Waals surface area contributed by atoms with E-state index in [0.717, 1.165) is 32.4 Å². The summed E-state index contributed by atoms with van der Waals surface area (Å²) in [5.74, 6) is -0.173. The van der Waals surface area contributed by atoms with E-state index in [2.05, 4.69) is 41.3 Å². The molecule has 3 aliphatic rings. The van der Waals surface area contributed by atoms with Gasteiger partial charge in [0.15, 0.2) is 0 Å². The largest absolute Gasteiger partial charge is 0.306 e. The van der Waals surface area contributed by atoms with Crippen molar-refractivity contribution >= 4 is 22.4 Å². The maximum absolute atomic E-state index is 13.7. The first-order valence-corrected chi connectivity index (χ1v) is 10.5. The van der Waals surface area contributed by atoms with Crippen LogP contribution in [0.5, 0.6) is 0 Å². The fourth-order valence-corrected chi connectivity index (χ4v) is 5.84. The highest BCUT2D eigenvalue weighted by atomic mass is 19.1. The van der Waals surface area contributed by atoms with Crippen molar-refractivity contribution in [1.82, 2.24) is 4.90 Å². The van der Waals surface area contributed by atoms with E-state index in [9.17, 15) is 9.18 Å². The summed E-state index contributed by atoms with van der Waals surface area (Å²) in [6.45, 7) is 1.93. The molecule has 0 bridgehead atoms. The molecule has 29 heavy (non-hydrogen) atoms. The molecule has 1 atom stereocenters. The van der Waals surface area contributed by atoms with Crippen molar-refractivity contribution in [3.63, 3.8) is 0 Å². The number of nitrogens with zero attached hydrogens (tertiary/aromatic N) is 2. The second-order valence-corrected chi connectivity index (χ2v) is 8.73. The Bertz CT molecular complexity index is 1130. The third-order valence-electron chi connectivity index (χ3n) is 7.24. The number of amides is 1. The van der Waals surface area contributed by atoms with Gasteiger partial charge in [-0.25, -0.2) is 4.39 Å². The molecule has 1 spiro atoms. The van der Waals surface area contributed by atoms with Gasteiger partial charge < -0.3 is 4.90 Å². The molecule has 2 heterocycles. The quantitative estimate of drug-likeness (QED) is 0.588. The van der Waals surface area contributed by atoms with Crippen LogP contribution in [0.1, 0.15) is 36.4 Å². The highest BCUT2D eigenvalue weighted by molar-refractivity contribution is 6.02. The Morgan fingerprint density at radius 1 is 0.966 bits per heavy atom. The molecule has 0 radical (unpaired) electrons. The number of halogens is 1. The number of carbonyl (C=O) groups is 1.